The number of hydrogen-bond acceptors (Lipinski definition) is 2. The minimum Gasteiger partial charge on any atom is -0.369 e. The number of benzene rings is 1. The molecule has 0 aromatic heterocycles. The van der Waals surface area contributed by atoms with Gasteiger partial charge in [-0.2, -0.15) is 0 Å². The highest BCUT2D eigenvalue weighted by molar-refractivity contribution is 9.10. The molecule has 1 fully saturated rings. The van der Waals surface area contributed by atoms with Gasteiger partial charge >= 0.3 is 0 Å². The number of halogens is 1. The van der Waals surface area contributed by atoms with E-state index in [0.717, 1.165) is 19.6 Å². The van der Waals surface area contributed by atoms with Gasteiger partial charge in [0.1, 0.15) is 0 Å². The molecule has 1 aromatic rings. The van der Waals surface area contributed by atoms with Gasteiger partial charge in [-0.25, -0.2) is 0 Å². The first-order valence-electron chi connectivity index (χ1n) is 7.78. The third-order valence-electron chi connectivity index (χ3n) is 4.72. The van der Waals surface area contributed by atoms with Crippen LogP contribution in [-0.4, -0.2) is 25.2 Å². The molecular formula is C17H27BrN2. The lowest BCUT2D eigenvalue weighted by Gasteiger charge is -2.37. The molecule has 0 amide bonds. The number of rotatable bonds is 3. The van der Waals surface area contributed by atoms with E-state index in [2.05, 4.69) is 66.0 Å². The van der Waals surface area contributed by atoms with Crippen molar-refractivity contribution in [3.8, 4) is 0 Å². The van der Waals surface area contributed by atoms with E-state index in [0.29, 0.717) is 0 Å². The van der Waals surface area contributed by atoms with E-state index in [4.69, 9.17) is 0 Å². The lowest BCUT2D eigenvalue weighted by atomic mass is 9.92. The van der Waals surface area contributed by atoms with Crippen LogP contribution in [0.25, 0.3) is 0 Å². The maximum Gasteiger partial charge on any atom is 0.0427 e. The van der Waals surface area contributed by atoms with Gasteiger partial charge in [-0.1, -0.05) is 29.8 Å². The predicted octanol–water partition coefficient (Wildman–Crippen LogP) is 4.42. The summed E-state index contributed by atoms with van der Waals surface area (Å²) >= 11 is 3.61. The minimum atomic E-state index is 0.266. The molecule has 112 valence electrons. The van der Waals surface area contributed by atoms with Gasteiger partial charge in [0, 0.05) is 28.8 Å². The van der Waals surface area contributed by atoms with Gasteiger partial charge in [0.25, 0.3) is 0 Å². The van der Waals surface area contributed by atoms with Gasteiger partial charge in [0.05, 0.1) is 0 Å². The van der Waals surface area contributed by atoms with Crippen LogP contribution in [0.5, 0.6) is 0 Å². The highest BCUT2D eigenvalue weighted by Crippen LogP contribution is 2.31. The number of anilines is 1. The second-order valence-corrected chi connectivity index (χ2v) is 6.99. The fourth-order valence-corrected chi connectivity index (χ4v) is 4.13. The maximum absolute atomic E-state index is 3.79. The van der Waals surface area contributed by atoms with Crippen molar-refractivity contribution in [1.82, 2.24) is 5.32 Å². The molecule has 0 atom stereocenters. The van der Waals surface area contributed by atoms with E-state index in [1.165, 1.54) is 40.5 Å². The number of nitrogens with zero attached hydrogens (tertiary/aromatic N) is 1. The number of hydrogen-bond donors (Lipinski definition) is 1. The van der Waals surface area contributed by atoms with Crippen LogP contribution in [0.15, 0.2) is 16.6 Å². The zero-order chi connectivity index (χ0) is 14.8. The Morgan fingerprint density at radius 3 is 2.35 bits per heavy atom. The second-order valence-electron chi connectivity index (χ2n) is 6.08. The van der Waals surface area contributed by atoms with E-state index in [9.17, 15) is 0 Å². The summed E-state index contributed by atoms with van der Waals surface area (Å²) < 4.78 is 1.18. The van der Waals surface area contributed by atoms with Crippen LogP contribution in [-0.2, 0) is 0 Å². The quantitative estimate of drug-likeness (QED) is 0.877. The summed E-state index contributed by atoms with van der Waals surface area (Å²) in [5.41, 5.74) is 4.45. The molecule has 1 saturated heterocycles. The van der Waals surface area contributed by atoms with Crippen LogP contribution < -0.4 is 10.2 Å². The Balaban J connectivity index is 2.36. The molecule has 0 saturated carbocycles. The van der Waals surface area contributed by atoms with Crippen molar-refractivity contribution >= 4 is 21.6 Å². The van der Waals surface area contributed by atoms with Crippen molar-refractivity contribution in [2.24, 2.45) is 0 Å². The average Bonchev–Trinajstić information content (AvgIpc) is 2.61. The van der Waals surface area contributed by atoms with E-state index in [1.54, 1.807) is 0 Å². The predicted molar refractivity (Wildman–Crippen MR) is 91.8 cm³/mol. The molecule has 3 heteroatoms. The third kappa shape index (κ3) is 3.20. The number of nitrogens with one attached hydrogen (secondary N) is 1. The van der Waals surface area contributed by atoms with Crippen LogP contribution in [0.4, 0.5) is 5.69 Å². The van der Waals surface area contributed by atoms with Gasteiger partial charge in [0.15, 0.2) is 0 Å². The molecule has 2 nitrogen and oxygen atoms in total. The van der Waals surface area contributed by atoms with Crippen molar-refractivity contribution in [3.63, 3.8) is 0 Å². The average molecular weight is 339 g/mol. The number of aryl methyl sites for hydroxylation is 2. The van der Waals surface area contributed by atoms with Crippen LogP contribution in [0.2, 0.25) is 0 Å². The summed E-state index contributed by atoms with van der Waals surface area (Å²) in [6.45, 7) is 12.5. The molecule has 1 aliphatic rings. The summed E-state index contributed by atoms with van der Waals surface area (Å²) in [5.74, 6) is 0. The van der Waals surface area contributed by atoms with Gasteiger partial charge in [0.2, 0.25) is 0 Å². The van der Waals surface area contributed by atoms with Crippen LogP contribution in [0.1, 0.15) is 44.2 Å². The van der Waals surface area contributed by atoms with Crippen molar-refractivity contribution < 1.29 is 0 Å². The molecule has 0 spiro atoms. The van der Waals surface area contributed by atoms with Gasteiger partial charge < -0.3 is 10.2 Å². The Kier molecular flexibility index (Phi) is 5.14. The van der Waals surface area contributed by atoms with E-state index in [1.807, 2.05) is 0 Å². The van der Waals surface area contributed by atoms with Crippen LogP contribution in [0.3, 0.4) is 0 Å². The molecule has 0 bridgehead atoms. The molecule has 1 heterocycles. The Morgan fingerprint density at radius 2 is 1.80 bits per heavy atom. The molecule has 0 unspecified atom stereocenters. The van der Waals surface area contributed by atoms with Gasteiger partial charge in [-0.15, -0.1) is 0 Å². The lowest BCUT2D eigenvalue weighted by Crippen LogP contribution is -2.51. The normalized spacial score (nSPS) is 18.9. The lowest BCUT2D eigenvalue weighted by molar-refractivity contribution is 0.321. The summed E-state index contributed by atoms with van der Waals surface area (Å²) in [4.78, 5) is 2.60. The van der Waals surface area contributed by atoms with E-state index >= 15 is 0 Å². The van der Waals surface area contributed by atoms with Crippen LogP contribution >= 0.6 is 15.9 Å². The largest absolute Gasteiger partial charge is 0.369 e. The first kappa shape index (κ1) is 15.8. The summed E-state index contributed by atoms with van der Waals surface area (Å²) in [6.07, 6.45) is 3.60. The zero-order valence-corrected chi connectivity index (χ0v) is 14.8. The van der Waals surface area contributed by atoms with Crippen molar-refractivity contribution in [2.45, 2.75) is 52.5 Å². The maximum atomic E-state index is 3.79. The molecule has 2 rings (SSSR count). The fourth-order valence-electron chi connectivity index (χ4n) is 3.44. The first-order valence-corrected chi connectivity index (χ1v) is 8.57. The van der Waals surface area contributed by atoms with Gasteiger partial charge in [-0.05, 0) is 62.9 Å². The van der Waals surface area contributed by atoms with Crippen molar-refractivity contribution in [2.75, 3.05) is 24.5 Å². The Morgan fingerprint density at radius 1 is 1.20 bits per heavy atom. The molecular weight excluding hydrogens is 312 g/mol. The molecule has 0 radical (unpaired) electrons. The van der Waals surface area contributed by atoms with E-state index in [-0.39, 0.29) is 5.54 Å². The summed E-state index contributed by atoms with van der Waals surface area (Å²) in [7, 11) is 0. The Hall–Kier alpha value is -0.540. The van der Waals surface area contributed by atoms with Gasteiger partial charge in [-0.3, -0.25) is 0 Å². The first-order chi connectivity index (χ1) is 9.51. The van der Waals surface area contributed by atoms with E-state index < -0.39 is 0 Å². The summed E-state index contributed by atoms with van der Waals surface area (Å²) in [5, 5.41) is 3.79. The minimum absolute atomic E-state index is 0.266. The highest BCUT2D eigenvalue weighted by Gasteiger charge is 2.31. The second kappa shape index (κ2) is 6.48. The molecule has 1 N–H and O–H groups in total. The standard InChI is InChI=1S/C17H27BrN2/c1-5-17(6-2)12-20(9-7-8-19-17)16-13(3)10-15(18)11-14(16)4/h10-11,19H,5-9,12H2,1-4H3. The fraction of sp³-hybridized carbons (Fsp3) is 0.647. The van der Waals surface area contributed by atoms with Crippen LogP contribution in [0, 0.1) is 13.8 Å². The molecule has 1 aliphatic heterocycles. The highest BCUT2D eigenvalue weighted by atomic mass is 79.9. The Bertz CT molecular complexity index is 443. The molecule has 20 heavy (non-hydrogen) atoms. The molecule has 0 aliphatic carbocycles. The zero-order valence-electron chi connectivity index (χ0n) is 13.2. The third-order valence-corrected chi connectivity index (χ3v) is 5.18. The molecule has 1 aromatic carbocycles. The van der Waals surface area contributed by atoms with Crippen molar-refractivity contribution in [3.05, 3.63) is 27.7 Å². The summed E-state index contributed by atoms with van der Waals surface area (Å²) in [6, 6.07) is 4.47. The smallest absolute Gasteiger partial charge is 0.0427 e. The Labute approximate surface area is 132 Å². The SMILES string of the molecule is CCC1(CC)CN(c2c(C)cc(Br)cc2C)CCCN1. The van der Waals surface area contributed by atoms with Crippen molar-refractivity contribution in [1.29, 1.82) is 0 Å². The topological polar surface area (TPSA) is 15.3 Å². The monoisotopic (exact) mass is 338 g/mol.